The molecule has 1 aromatic rings. The molecule has 5 heteroatoms. The second kappa shape index (κ2) is 4.92. The van der Waals surface area contributed by atoms with Gasteiger partial charge in [-0.25, -0.2) is 9.97 Å². The second-order valence-electron chi connectivity index (χ2n) is 3.45. The number of hydrogen-bond acceptors (Lipinski definition) is 5. The molecule has 1 aromatic heterocycles. The number of hydrogen-bond donors (Lipinski definition) is 1. The van der Waals surface area contributed by atoms with E-state index < -0.39 is 0 Å². The van der Waals surface area contributed by atoms with E-state index in [0.29, 0.717) is 11.5 Å². The summed E-state index contributed by atoms with van der Waals surface area (Å²) in [5.41, 5.74) is 1.54. The van der Waals surface area contributed by atoms with Gasteiger partial charge in [-0.15, -0.1) is 0 Å². The molecule has 0 aliphatic carbocycles. The lowest BCUT2D eigenvalue weighted by Crippen LogP contribution is -2.19. The molecule has 4 nitrogen and oxygen atoms in total. The monoisotopic (exact) mass is 226 g/mol. The highest BCUT2D eigenvalue weighted by Crippen LogP contribution is 2.24. The number of aryl methyl sites for hydroxylation is 1. The summed E-state index contributed by atoms with van der Waals surface area (Å²) in [4.78, 5) is 8.62. The summed E-state index contributed by atoms with van der Waals surface area (Å²) in [6.07, 6.45) is -0.0195. The molecule has 1 unspecified atom stereocenters. The summed E-state index contributed by atoms with van der Waals surface area (Å²) in [5, 5.41) is 9.05. The van der Waals surface area contributed by atoms with Crippen LogP contribution in [-0.4, -0.2) is 33.2 Å². The van der Waals surface area contributed by atoms with Gasteiger partial charge in [-0.3, -0.25) is 0 Å². The lowest BCUT2D eigenvalue weighted by atomic mass is 10.3. The standard InChI is InChI=1S/C10H14N2O2S/c1-7-4-8(5-13)12-10(11-7)9-6-15-3-2-14-9/h4,9,13H,2-3,5-6H2,1H3. The molecular formula is C10H14N2O2S. The number of rotatable bonds is 2. The first-order chi connectivity index (χ1) is 7.29. The maximum atomic E-state index is 9.05. The Morgan fingerprint density at radius 1 is 1.60 bits per heavy atom. The Morgan fingerprint density at radius 3 is 3.13 bits per heavy atom. The molecule has 1 aliphatic heterocycles. The highest BCUT2D eigenvalue weighted by molar-refractivity contribution is 7.99. The van der Waals surface area contributed by atoms with Crippen molar-refractivity contribution in [2.75, 3.05) is 18.1 Å². The minimum atomic E-state index is -0.0454. The topological polar surface area (TPSA) is 55.2 Å². The summed E-state index contributed by atoms with van der Waals surface area (Å²) in [6, 6.07) is 1.79. The summed E-state index contributed by atoms with van der Waals surface area (Å²) < 4.78 is 5.59. The second-order valence-corrected chi connectivity index (χ2v) is 4.60. The lowest BCUT2D eigenvalue weighted by Gasteiger charge is -2.21. The van der Waals surface area contributed by atoms with Crippen LogP contribution >= 0.6 is 11.8 Å². The van der Waals surface area contributed by atoms with Gasteiger partial charge in [0.2, 0.25) is 0 Å². The van der Waals surface area contributed by atoms with Crippen LogP contribution in [-0.2, 0) is 11.3 Å². The van der Waals surface area contributed by atoms with Crippen molar-refractivity contribution in [3.63, 3.8) is 0 Å². The highest BCUT2D eigenvalue weighted by atomic mass is 32.2. The number of aliphatic hydroxyl groups excluding tert-OH is 1. The molecule has 82 valence electrons. The van der Waals surface area contributed by atoms with E-state index in [1.165, 1.54) is 0 Å². The van der Waals surface area contributed by atoms with Gasteiger partial charge >= 0.3 is 0 Å². The Hall–Kier alpha value is -0.650. The zero-order chi connectivity index (χ0) is 10.7. The summed E-state index contributed by atoms with van der Waals surface area (Å²) in [5.74, 6) is 2.63. The third-order valence-electron chi connectivity index (χ3n) is 2.19. The van der Waals surface area contributed by atoms with Crippen LogP contribution in [0.3, 0.4) is 0 Å². The van der Waals surface area contributed by atoms with Crippen molar-refractivity contribution < 1.29 is 9.84 Å². The third-order valence-corrected chi connectivity index (χ3v) is 3.18. The van der Waals surface area contributed by atoms with E-state index in [1.54, 1.807) is 6.07 Å². The molecule has 0 saturated carbocycles. The molecule has 0 amide bonds. The number of nitrogens with zero attached hydrogens (tertiary/aromatic N) is 2. The van der Waals surface area contributed by atoms with E-state index in [-0.39, 0.29) is 12.7 Å². The van der Waals surface area contributed by atoms with Gasteiger partial charge in [-0.05, 0) is 13.0 Å². The lowest BCUT2D eigenvalue weighted by molar-refractivity contribution is 0.0689. The van der Waals surface area contributed by atoms with Crippen molar-refractivity contribution in [2.45, 2.75) is 19.6 Å². The maximum Gasteiger partial charge on any atom is 0.158 e. The Labute approximate surface area is 93.1 Å². The Bertz CT molecular complexity index is 340. The smallest absolute Gasteiger partial charge is 0.158 e. The Kier molecular flexibility index (Phi) is 3.56. The van der Waals surface area contributed by atoms with Gasteiger partial charge in [0.05, 0.1) is 18.9 Å². The van der Waals surface area contributed by atoms with E-state index in [9.17, 15) is 0 Å². The molecule has 1 N–H and O–H groups in total. The van der Waals surface area contributed by atoms with Gasteiger partial charge in [0, 0.05) is 17.2 Å². The molecule has 1 aliphatic rings. The number of ether oxygens (including phenoxy) is 1. The molecule has 0 radical (unpaired) electrons. The third kappa shape index (κ3) is 2.68. The van der Waals surface area contributed by atoms with Crippen LogP contribution in [0.15, 0.2) is 6.07 Å². The quantitative estimate of drug-likeness (QED) is 0.818. The van der Waals surface area contributed by atoms with Crippen molar-refractivity contribution in [1.29, 1.82) is 0 Å². The number of thioether (sulfide) groups is 1. The molecule has 1 saturated heterocycles. The minimum Gasteiger partial charge on any atom is -0.390 e. The van der Waals surface area contributed by atoms with E-state index in [4.69, 9.17) is 9.84 Å². The van der Waals surface area contributed by atoms with Crippen LogP contribution in [0.2, 0.25) is 0 Å². The molecule has 2 rings (SSSR count). The van der Waals surface area contributed by atoms with Gasteiger partial charge < -0.3 is 9.84 Å². The van der Waals surface area contributed by atoms with Gasteiger partial charge in [-0.2, -0.15) is 11.8 Å². The van der Waals surface area contributed by atoms with Crippen molar-refractivity contribution in [2.24, 2.45) is 0 Å². The van der Waals surface area contributed by atoms with Crippen LogP contribution in [0, 0.1) is 6.92 Å². The first kappa shape index (κ1) is 10.9. The summed E-state index contributed by atoms with van der Waals surface area (Å²) >= 11 is 1.85. The molecule has 0 bridgehead atoms. The Morgan fingerprint density at radius 2 is 2.47 bits per heavy atom. The van der Waals surface area contributed by atoms with Gasteiger partial charge in [-0.1, -0.05) is 0 Å². The SMILES string of the molecule is Cc1cc(CO)nc(C2CSCCO2)n1. The van der Waals surface area contributed by atoms with E-state index in [2.05, 4.69) is 9.97 Å². The zero-order valence-electron chi connectivity index (χ0n) is 8.64. The molecule has 1 fully saturated rings. The fraction of sp³-hybridized carbons (Fsp3) is 0.600. The van der Waals surface area contributed by atoms with E-state index in [0.717, 1.165) is 23.8 Å². The molecular weight excluding hydrogens is 212 g/mol. The molecule has 15 heavy (non-hydrogen) atoms. The predicted molar refractivity (Wildman–Crippen MR) is 58.7 cm³/mol. The van der Waals surface area contributed by atoms with Crippen molar-refractivity contribution in [3.05, 3.63) is 23.3 Å². The highest BCUT2D eigenvalue weighted by Gasteiger charge is 2.19. The number of aromatic nitrogens is 2. The van der Waals surface area contributed by atoms with Crippen LogP contribution in [0.4, 0.5) is 0 Å². The minimum absolute atomic E-state index is 0.0195. The van der Waals surface area contributed by atoms with Gasteiger partial charge in [0.25, 0.3) is 0 Å². The van der Waals surface area contributed by atoms with Crippen LogP contribution in [0.1, 0.15) is 23.3 Å². The van der Waals surface area contributed by atoms with Crippen LogP contribution < -0.4 is 0 Å². The zero-order valence-corrected chi connectivity index (χ0v) is 9.46. The normalized spacial score (nSPS) is 21.6. The summed E-state index contributed by atoms with van der Waals surface area (Å²) in [7, 11) is 0. The maximum absolute atomic E-state index is 9.05. The summed E-state index contributed by atoms with van der Waals surface area (Å²) in [6.45, 7) is 2.61. The van der Waals surface area contributed by atoms with Crippen molar-refractivity contribution in [1.82, 2.24) is 9.97 Å². The fourth-order valence-corrected chi connectivity index (χ4v) is 2.36. The van der Waals surface area contributed by atoms with E-state index >= 15 is 0 Å². The van der Waals surface area contributed by atoms with Crippen LogP contribution in [0.25, 0.3) is 0 Å². The largest absolute Gasteiger partial charge is 0.390 e. The fourth-order valence-electron chi connectivity index (χ4n) is 1.52. The first-order valence-corrected chi connectivity index (χ1v) is 6.09. The first-order valence-electron chi connectivity index (χ1n) is 4.94. The van der Waals surface area contributed by atoms with Gasteiger partial charge in [0.1, 0.15) is 6.10 Å². The average Bonchev–Trinajstić information content (AvgIpc) is 2.29. The predicted octanol–water partition coefficient (Wildman–Crippen LogP) is 1.08. The Balaban J connectivity index is 2.22. The number of aliphatic hydroxyl groups is 1. The van der Waals surface area contributed by atoms with Gasteiger partial charge in [0.15, 0.2) is 5.82 Å². The van der Waals surface area contributed by atoms with Crippen LogP contribution in [0.5, 0.6) is 0 Å². The molecule has 1 atom stereocenters. The van der Waals surface area contributed by atoms with Crippen molar-refractivity contribution in [3.8, 4) is 0 Å². The average molecular weight is 226 g/mol. The van der Waals surface area contributed by atoms with Crippen molar-refractivity contribution >= 4 is 11.8 Å². The molecule has 0 aromatic carbocycles. The molecule has 2 heterocycles. The van der Waals surface area contributed by atoms with E-state index in [1.807, 2.05) is 18.7 Å². The molecule has 0 spiro atoms.